The monoisotopic (exact) mass is 296 g/mol. The van der Waals surface area contributed by atoms with Crippen LogP contribution in [0.15, 0.2) is 47.5 Å². The molecule has 1 aromatic heterocycles. The van der Waals surface area contributed by atoms with Gasteiger partial charge in [-0.25, -0.2) is 4.99 Å². The lowest BCUT2D eigenvalue weighted by Gasteiger charge is -2.11. The van der Waals surface area contributed by atoms with Crippen molar-refractivity contribution in [2.75, 3.05) is 6.54 Å². The lowest BCUT2D eigenvalue weighted by Crippen LogP contribution is -2.37. The van der Waals surface area contributed by atoms with E-state index in [4.69, 9.17) is 0 Å². The van der Waals surface area contributed by atoms with Crippen LogP contribution in [0, 0.1) is 13.8 Å². The van der Waals surface area contributed by atoms with Crippen molar-refractivity contribution in [1.29, 1.82) is 0 Å². The topological polar surface area (TPSA) is 49.3 Å². The molecule has 0 spiro atoms. The van der Waals surface area contributed by atoms with Gasteiger partial charge >= 0.3 is 0 Å². The molecule has 0 aliphatic rings. The molecule has 116 valence electrons. The number of aliphatic imine (C=N–C) groups is 1. The second-order valence-electron chi connectivity index (χ2n) is 5.25. The van der Waals surface area contributed by atoms with Gasteiger partial charge in [-0.05, 0) is 44.0 Å². The summed E-state index contributed by atoms with van der Waals surface area (Å²) < 4.78 is 0. The van der Waals surface area contributed by atoms with Gasteiger partial charge in [0, 0.05) is 12.2 Å². The molecule has 0 saturated heterocycles. The zero-order valence-corrected chi connectivity index (χ0v) is 13.6. The van der Waals surface area contributed by atoms with Crippen molar-refractivity contribution in [1.82, 2.24) is 15.6 Å². The maximum absolute atomic E-state index is 4.65. The van der Waals surface area contributed by atoms with Crippen molar-refractivity contribution in [2.45, 2.75) is 33.9 Å². The first kappa shape index (κ1) is 16.0. The Balaban J connectivity index is 2.00. The van der Waals surface area contributed by atoms with E-state index in [1.54, 1.807) is 0 Å². The highest BCUT2D eigenvalue weighted by molar-refractivity contribution is 5.79. The van der Waals surface area contributed by atoms with Crippen molar-refractivity contribution in [2.24, 2.45) is 4.99 Å². The molecule has 1 aromatic carbocycles. The number of hydrogen-bond acceptors (Lipinski definition) is 2. The average molecular weight is 296 g/mol. The molecule has 4 nitrogen and oxygen atoms in total. The van der Waals surface area contributed by atoms with E-state index in [0.29, 0.717) is 13.1 Å². The summed E-state index contributed by atoms with van der Waals surface area (Å²) in [4.78, 5) is 9.14. The number of rotatable bonds is 5. The highest BCUT2D eigenvalue weighted by Gasteiger charge is 2.01. The number of benzene rings is 1. The summed E-state index contributed by atoms with van der Waals surface area (Å²) in [6, 6.07) is 14.4. The second-order valence-corrected chi connectivity index (χ2v) is 5.25. The Morgan fingerprint density at radius 1 is 1.05 bits per heavy atom. The molecular weight excluding hydrogens is 272 g/mol. The Labute approximate surface area is 132 Å². The Bertz CT molecular complexity index is 634. The first-order valence-electron chi connectivity index (χ1n) is 7.68. The highest BCUT2D eigenvalue weighted by atomic mass is 15.2. The Morgan fingerprint density at radius 2 is 1.86 bits per heavy atom. The molecule has 22 heavy (non-hydrogen) atoms. The number of pyridine rings is 1. The molecule has 1 heterocycles. The largest absolute Gasteiger partial charge is 0.357 e. The summed E-state index contributed by atoms with van der Waals surface area (Å²) >= 11 is 0. The predicted octanol–water partition coefficient (Wildman–Crippen LogP) is 2.95. The molecule has 0 aliphatic carbocycles. The van der Waals surface area contributed by atoms with Crippen molar-refractivity contribution >= 4 is 5.96 Å². The van der Waals surface area contributed by atoms with E-state index < -0.39 is 0 Å². The predicted molar refractivity (Wildman–Crippen MR) is 91.8 cm³/mol. The number of aromatic nitrogens is 1. The maximum atomic E-state index is 4.65. The van der Waals surface area contributed by atoms with Crippen molar-refractivity contribution in [3.8, 4) is 0 Å². The van der Waals surface area contributed by atoms with Crippen molar-refractivity contribution in [3.63, 3.8) is 0 Å². The standard InChI is InChI=1S/C18H24N4/c1-4-19-18(20-12-16-10-6-5-8-14(16)2)21-13-17-11-7-9-15(3)22-17/h5-11H,4,12-13H2,1-3H3,(H2,19,20,21). The minimum Gasteiger partial charge on any atom is -0.357 e. The number of nitrogens with one attached hydrogen (secondary N) is 2. The molecule has 4 heteroatoms. The molecule has 2 rings (SSSR count). The minimum atomic E-state index is 0.668. The lowest BCUT2D eigenvalue weighted by molar-refractivity contribution is 0.796. The van der Waals surface area contributed by atoms with Crippen LogP contribution in [-0.4, -0.2) is 17.5 Å². The van der Waals surface area contributed by atoms with E-state index in [-0.39, 0.29) is 0 Å². The number of hydrogen-bond donors (Lipinski definition) is 2. The molecule has 0 fully saturated rings. The third-order valence-corrected chi connectivity index (χ3v) is 3.40. The van der Waals surface area contributed by atoms with Gasteiger partial charge in [-0.3, -0.25) is 4.98 Å². The quantitative estimate of drug-likeness (QED) is 0.659. The first-order valence-corrected chi connectivity index (χ1v) is 7.68. The van der Waals surface area contributed by atoms with Crippen LogP contribution in [-0.2, 0) is 13.1 Å². The van der Waals surface area contributed by atoms with E-state index in [2.05, 4.69) is 58.7 Å². The van der Waals surface area contributed by atoms with Crippen LogP contribution in [0.25, 0.3) is 0 Å². The summed E-state index contributed by atoms with van der Waals surface area (Å²) in [6.07, 6.45) is 0. The summed E-state index contributed by atoms with van der Waals surface area (Å²) in [5.74, 6) is 0.814. The van der Waals surface area contributed by atoms with E-state index in [1.165, 1.54) is 11.1 Å². The third kappa shape index (κ3) is 4.88. The van der Waals surface area contributed by atoms with E-state index in [1.807, 2.05) is 25.1 Å². The average Bonchev–Trinajstić information content (AvgIpc) is 2.51. The third-order valence-electron chi connectivity index (χ3n) is 3.40. The van der Waals surface area contributed by atoms with Gasteiger partial charge in [-0.1, -0.05) is 30.3 Å². The molecule has 0 bridgehead atoms. The number of nitrogens with zero attached hydrogens (tertiary/aromatic N) is 2. The molecular formula is C18H24N4. The van der Waals surface area contributed by atoms with Crippen LogP contribution in [0.3, 0.4) is 0 Å². The molecule has 2 aromatic rings. The van der Waals surface area contributed by atoms with Crippen molar-refractivity contribution < 1.29 is 0 Å². The summed E-state index contributed by atoms with van der Waals surface area (Å²) in [5, 5.41) is 6.60. The fraction of sp³-hybridized carbons (Fsp3) is 0.333. The van der Waals surface area contributed by atoms with E-state index in [0.717, 1.165) is 23.9 Å². The van der Waals surface area contributed by atoms with Crippen LogP contribution in [0.2, 0.25) is 0 Å². The van der Waals surface area contributed by atoms with Gasteiger partial charge in [0.2, 0.25) is 0 Å². The first-order chi connectivity index (χ1) is 10.7. The molecule has 0 unspecified atom stereocenters. The smallest absolute Gasteiger partial charge is 0.191 e. The molecule has 0 saturated carbocycles. The molecule has 2 N–H and O–H groups in total. The van der Waals surface area contributed by atoms with Gasteiger partial charge in [-0.2, -0.15) is 0 Å². The summed E-state index contributed by atoms with van der Waals surface area (Å²) in [7, 11) is 0. The second kappa shape index (κ2) is 8.17. The van der Waals surface area contributed by atoms with Gasteiger partial charge in [0.25, 0.3) is 0 Å². The van der Waals surface area contributed by atoms with E-state index in [9.17, 15) is 0 Å². The maximum Gasteiger partial charge on any atom is 0.191 e. The molecule has 0 amide bonds. The van der Waals surface area contributed by atoms with Gasteiger partial charge < -0.3 is 10.6 Å². The van der Waals surface area contributed by atoms with Gasteiger partial charge in [0.05, 0.1) is 18.8 Å². The number of guanidine groups is 1. The summed E-state index contributed by atoms with van der Waals surface area (Å²) in [5.41, 5.74) is 4.55. The van der Waals surface area contributed by atoms with Gasteiger partial charge in [0.15, 0.2) is 5.96 Å². The van der Waals surface area contributed by atoms with Crippen LogP contribution in [0.5, 0.6) is 0 Å². The fourth-order valence-corrected chi connectivity index (χ4v) is 2.17. The van der Waals surface area contributed by atoms with Gasteiger partial charge in [-0.15, -0.1) is 0 Å². The Morgan fingerprint density at radius 3 is 2.59 bits per heavy atom. The lowest BCUT2D eigenvalue weighted by atomic mass is 10.1. The normalized spacial score (nSPS) is 11.3. The van der Waals surface area contributed by atoms with Crippen LogP contribution in [0.1, 0.15) is 29.4 Å². The summed E-state index contributed by atoms with van der Waals surface area (Å²) in [6.45, 7) is 8.35. The minimum absolute atomic E-state index is 0.668. The van der Waals surface area contributed by atoms with Crippen LogP contribution >= 0.6 is 0 Å². The zero-order valence-electron chi connectivity index (χ0n) is 13.6. The Kier molecular flexibility index (Phi) is 5.95. The Hall–Kier alpha value is -2.36. The number of aryl methyl sites for hydroxylation is 2. The highest BCUT2D eigenvalue weighted by Crippen LogP contribution is 2.08. The van der Waals surface area contributed by atoms with Crippen molar-refractivity contribution in [3.05, 3.63) is 65.0 Å². The van der Waals surface area contributed by atoms with Crippen LogP contribution in [0.4, 0.5) is 0 Å². The molecule has 0 atom stereocenters. The fourth-order valence-electron chi connectivity index (χ4n) is 2.17. The van der Waals surface area contributed by atoms with Crippen LogP contribution < -0.4 is 10.6 Å². The van der Waals surface area contributed by atoms with E-state index >= 15 is 0 Å². The molecule has 0 aliphatic heterocycles. The zero-order chi connectivity index (χ0) is 15.8. The SMILES string of the molecule is CCNC(=NCc1ccccc1C)NCc1cccc(C)n1. The van der Waals surface area contributed by atoms with Gasteiger partial charge in [0.1, 0.15) is 0 Å². The molecule has 0 radical (unpaired) electrons.